The van der Waals surface area contributed by atoms with Crippen molar-refractivity contribution in [3.05, 3.63) is 66.3 Å². The molecule has 0 N–H and O–H groups in total. The van der Waals surface area contributed by atoms with Gasteiger partial charge in [-0.05, 0) is 25.3 Å². The van der Waals surface area contributed by atoms with Gasteiger partial charge in [0.15, 0.2) is 0 Å². The highest BCUT2D eigenvalue weighted by Gasteiger charge is 2.40. The van der Waals surface area contributed by atoms with Gasteiger partial charge in [-0.25, -0.2) is 9.79 Å². The molecule has 0 saturated heterocycles. The molecular weight excluding hydrogens is 424 g/mol. The molecule has 0 amide bonds. The van der Waals surface area contributed by atoms with Crippen LogP contribution in [0.3, 0.4) is 0 Å². The molecule has 0 aliphatic carbocycles. The number of alkyl halides is 1. The van der Waals surface area contributed by atoms with Crippen LogP contribution in [0.4, 0.5) is 11.5 Å². The third-order valence-corrected chi connectivity index (χ3v) is 5.91. The van der Waals surface area contributed by atoms with Gasteiger partial charge in [-0.3, -0.25) is 28.8 Å². The first-order chi connectivity index (χ1) is 14.7. The quantitative estimate of drug-likeness (QED) is 0.280. The van der Waals surface area contributed by atoms with E-state index in [2.05, 4.69) is 4.99 Å². The van der Waals surface area contributed by atoms with Gasteiger partial charge < -0.3 is 0 Å². The van der Waals surface area contributed by atoms with E-state index in [-0.39, 0.29) is 29.3 Å². The molecule has 1 aromatic carbocycles. The Morgan fingerprint density at radius 2 is 1.94 bits per heavy atom. The topological polar surface area (TPSA) is 117 Å². The van der Waals surface area contributed by atoms with Gasteiger partial charge in [0.2, 0.25) is 0 Å². The molecule has 1 aliphatic rings. The summed E-state index contributed by atoms with van der Waals surface area (Å²) in [4.78, 5) is 54.1. The summed E-state index contributed by atoms with van der Waals surface area (Å²) in [6.07, 6.45) is 1.51. The summed E-state index contributed by atoms with van der Waals surface area (Å²) in [5.41, 5.74) is -0.144. The zero-order valence-corrected chi connectivity index (χ0v) is 18.3. The molecular formula is C21H23ClN4O5. The Bertz CT molecular complexity index is 1200. The average Bonchev–Trinajstić information content (AvgIpc) is 2.75. The van der Waals surface area contributed by atoms with Crippen molar-refractivity contribution in [2.24, 2.45) is 25.0 Å². The number of Topliss-reactive ketones (excluding diaryl/α,β-unsaturated/α-hetero) is 1. The lowest BCUT2D eigenvalue weighted by Crippen LogP contribution is -2.44. The molecule has 2 heterocycles. The fraction of sp³-hybridized carbons (Fsp3) is 0.429. The van der Waals surface area contributed by atoms with E-state index in [0.29, 0.717) is 30.0 Å². The number of hydrogen-bond acceptors (Lipinski definition) is 6. The van der Waals surface area contributed by atoms with E-state index in [1.54, 1.807) is 13.0 Å². The van der Waals surface area contributed by atoms with Gasteiger partial charge in [-0.15, -0.1) is 11.6 Å². The minimum Gasteiger partial charge on any atom is -0.299 e. The summed E-state index contributed by atoms with van der Waals surface area (Å²) in [6.45, 7) is 1.68. The fourth-order valence-corrected chi connectivity index (χ4v) is 4.26. The van der Waals surface area contributed by atoms with Crippen molar-refractivity contribution in [2.45, 2.75) is 32.1 Å². The highest BCUT2D eigenvalue weighted by molar-refractivity contribution is 6.17. The van der Waals surface area contributed by atoms with Gasteiger partial charge >= 0.3 is 5.69 Å². The number of aromatic nitrogens is 2. The summed E-state index contributed by atoms with van der Waals surface area (Å²) in [6, 6.07) is 5.90. The molecule has 31 heavy (non-hydrogen) atoms. The summed E-state index contributed by atoms with van der Waals surface area (Å²) in [7, 11) is 2.86. The van der Waals surface area contributed by atoms with Gasteiger partial charge in [-0.1, -0.05) is 12.1 Å². The molecule has 3 rings (SSSR count). The normalized spacial score (nSPS) is 17.7. The lowest BCUT2D eigenvalue weighted by molar-refractivity contribution is -0.384. The second-order valence-corrected chi connectivity index (χ2v) is 7.99. The van der Waals surface area contributed by atoms with E-state index in [9.17, 15) is 24.5 Å². The van der Waals surface area contributed by atoms with Crippen molar-refractivity contribution in [3.63, 3.8) is 0 Å². The van der Waals surface area contributed by atoms with Crippen molar-refractivity contribution in [1.29, 1.82) is 0 Å². The van der Waals surface area contributed by atoms with Gasteiger partial charge in [0.25, 0.3) is 11.2 Å². The number of unbranched alkanes of at least 4 members (excludes halogenated alkanes) is 1. The highest BCUT2D eigenvalue weighted by Crippen LogP contribution is 2.41. The summed E-state index contributed by atoms with van der Waals surface area (Å²) >= 11 is 5.73. The van der Waals surface area contributed by atoms with E-state index >= 15 is 0 Å². The number of aliphatic imine (C=N–C) groups is 1. The smallest absolute Gasteiger partial charge is 0.299 e. The van der Waals surface area contributed by atoms with Crippen LogP contribution in [0.25, 0.3) is 0 Å². The summed E-state index contributed by atoms with van der Waals surface area (Å²) in [5.74, 6) is -1.07. The van der Waals surface area contributed by atoms with Gasteiger partial charge in [0.05, 0.1) is 16.4 Å². The van der Waals surface area contributed by atoms with Crippen LogP contribution < -0.4 is 11.2 Å². The number of fused-ring (bicyclic) bond motifs is 1. The Morgan fingerprint density at radius 1 is 1.23 bits per heavy atom. The van der Waals surface area contributed by atoms with Crippen molar-refractivity contribution >= 4 is 34.6 Å². The predicted octanol–water partition coefficient (Wildman–Crippen LogP) is 2.82. The molecule has 2 aromatic rings. The van der Waals surface area contributed by atoms with Crippen LogP contribution >= 0.6 is 11.6 Å². The number of carbonyl (C=O) groups excluding carboxylic acids is 1. The highest BCUT2D eigenvalue weighted by atomic mass is 35.5. The lowest BCUT2D eigenvalue weighted by atomic mass is 9.74. The standard InChI is InChI=1S/C21H23ClN4O5/c1-12-16(15(27)9-4-5-10-22)17(13-7-6-8-14(11-13)26(30)31)18-19(23-12)24(2)21(29)25(3)20(18)28/h6-8,11,16-17H,4-5,9-10H2,1-3H3. The van der Waals surface area contributed by atoms with Crippen LogP contribution in [0.1, 0.15) is 43.2 Å². The van der Waals surface area contributed by atoms with Crippen LogP contribution in [0, 0.1) is 16.0 Å². The zero-order chi connectivity index (χ0) is 22.9. The first kappa shape index (κ1) is 22.6. The number of ketones is 1. The first-order valence-electron chi connectivity index (χ1n) is 9.87. The first-order valence-corrected chi connectivity index (χ1v) is 10.4. The Labute approximate surface area is 183 Å². The monoisotopic (exact) mass is 446 g/mol. The second-order valence-electron chi connectivity index (χ2n) is 7.62. The number of hydrogen-bond donors (Lipinski definition) is 0. The number of nitrogens with zero attached hydrogens (tertiary/aromatic N) is 4. The molecule has 0 spiro atoms. The summed E-state index contributed by atoms with van der Waals surface area (Å²) in [5, 5.41) is 11.3. The number of carbonyl (C=O) groups is 1. The molecule has 0 fully saturated rings. The van der Waals surface area contributed by atoms with Crippen molar-refractivity contribution < 1.29 is 9.72 Å². The van der Waals surface area contributed by atoms with Crippen LogP contribution in [-0.4, -0.2) is 31.4 Å². The lowest BCUT2D eigenvalue weighted by Gasteiger charge is -2.32. The van der Waals surface area contributed by atoms with Crippen LogP contribution in [0.15, 0.2) is 38.8 Å². The van der Waals surface area contributed by atoms with E-state index in [0.717, 1.165) is 4.57 Å². The van der Waals surface area contributed by atoms with Gasteiger partial charge in [0.1, 0.15) is 11.6 Å². The van der Waals surface area contributed by atoms with Gasteiger partial charge in [-0.2, -0.15) is 0 Å². The molecule has 0 bridgehead atoms. The van der Waals surface area contributed by atoms with Crippen LogP contribution in [-0.2, 0) is 18.9 Å². The molecule has 10 heteroatoms. The molecule has 2 atom stereocenters. The Morgan fingerprint density at radius 3 is 2.58 bits per heavy atom. The maximum atomic E-state index is 13.2. The number of nitro groups is 1. The molecule has 2 unspecified atom stereocenters. The number of halogens is 1. The average molecular weight is 447 g/mol. The molecule has 9 nitrogen and oxygen atoms in total. The number of nitro benzene ring substituents is 1. The fourth-order valence-electron chi connectivity index (χ4n) is 4.07. The van der Waals surface area contributed by atoms with Crippen LogP contribution in [0.5, 0.6) is 0 Å². The minimum absolute atomic E-state index is 0.121. The Hall–Kier alpha value is -3.07. The minimum atomic E-state index is -0.790. The molecule has 1 aliphatic heterocycles. The third kappa shape index (κ3) is 4.10. The van der Waals surface area contributed by atoms with Crippen molar-refractivity contribution in [1.82, 2.24) is 9.13 Å². The van der Waals surface area contributed by atoms with Gasteiger partial charge in [0, 0.05) is 50.2 Å². The molecule has 164 valence electrons. The number of rotatable bonds is 7. The SMILES string of the molecule is CC1=Nc2c(c(=O)n(C)c(=O)n2C)C(c2cccc([N+](=O)[O-])c2)C1C(=O)CCCCCl. The number of benzene rings is 1. The largest absolute Gasteiger partial charge is 0.332 e. The Kier molecular flexibility index (Phi) is 6.54. The van der Waals surface area contributed by atoms with Crippen LogP contribution in [0.2, 0.25) is 0 Å². The molecule has 0 saturated carbocycles. The second kappa shape index (κ2) is 8.97. The molecule has 0 radical (unpaired) electrons. The Balaban J connectivity index is 2.28. The predicted molar refractivity (Wildman–Crippen MR) is 118 cm³/mol. The number of non-ortho nitro benzene ring substituents is 1. The van der Waals surface area contributed by atoms with Crippen molar-refractivity contribution in [3.8, 4) is 0 Å². The van der Waals surface area contributed by atoms with Crippen molar-refractivity contribution in [2.75, 3.05) is 5.88 Å². The third-order valence-electron chi connectivity index (χ3n) is 5.64. The molecule has 1 aromatic heterocycles. The van der Waals surface area contributed by atoms with E-state index in [1.165, 1.54) is 36.9 Å². The zero-order valence-electron chi connectivity index (χ0n) is 17.5. The maximum Gasteiger partial charge on any atom is 0.332 e. The summed E-state index contributed by atoms with van der Waals surface area (Å²) < 4.78 is 2.23. The van der Waals surface area contributed by atoms with E-state index in [4.69, 9.17) is 11.6 Å². The maximum absolute atomic E-state index is 13.2. The van der Waals surface area contributed by atoms with E-state index < -0.39 is 28.0 Å². The van der Waals surface area contributed by atoms with E-state index in [1.807, 2.05) is 0 Å².